The zero-order valence-electron chi connectivity index (χ0n) is 10.5. The Morgan fingerprint density at radius 1 is 1.21 bits per heavy atom. The molecule has 3 nitrogen and oxygen atoms in total. The molecule has 1 rings (SSSR count). The summed E-state index contributed by atoms with van der Waals surface area (Å²) in [5.74, 6) is -0.936. The number of alkyl halides is 3. The first kappa shape index (κ1) is 16.0. The number of rotatable bonds is 4. The maximum absolute atomic E-state index is 12.0. The molecule has 0 saturated carbocycles. The van der Waals surface area contributed by atoms with Crippen LogP contribution in [0.4, 0.5) is 13.2 Å². The molecule has 0 saturated heterocycles. The van der Waals surface area contributed by atoms with Crippen molar-refractivity contribution < 1.29 is 26.7 Å². The van der Waals surface area contributed by atoms with E-state index in [1.54, 1.807) is 19.9 Å². The van der Waals surface area contributed by atoms with Gasteiger partial charge in [-0.3, -0.25) is 0 Å². The molecule has 0 radical (unpaired) electrons. The van der Waals surface area contributed by atoms with E-state index >= 15 is 0 Å². The number of sulfone groups is 1. The number of halogens is 3. The first-order chi connectivity index (χ1) is 8.51. The van der Waals surface area contributed by atoms with Gasteiger partial charge in [-0.15, -0.1) is 0 Å². The van der Waals surface area contributed by atoms with Gasteiger partial charge in [0.15, 0.2) is 9.84 Å². The summed E-state index contributed by atoms with van der Waals surface area (Å²) in [5, 5.41) is 9.21. The summed E-state index contributed by atoms with van der Waals surface area (Å²) in [5.41, 5.74) is 1.61. The fraction of sp³-hybridized carbons (Fsp3) is 0.500. The summed E-state index contributed by atoms with van der Waals surface area (Å²) in [4.78, 5) is -0.0724. The lowest BCUT2D eigenvalue weighted by Crippen LogP contribution is -2.27. The van der Waals surface area contributed by atoms with E-state index in [-0.39, 0.29) is 4.90 Å². The van der Waals surface area contributed by atoms with Gasteiger partial charge in [-0.1, -0.05) is 6.07 Å². The second-order valence-electron chi connectivity index (χ2n) is 4.50. The standard InChI is InChI=1S/C12H15F3O3S/c1-8-3-4-11(5-9(8)2)19(17,18)7-10(16)6-12(13,14)15/h3-5,10,16H,6-7H2,1-2H3/t10-/m0/s1. The average molecular weight is 296 g/mol. The van der Waals surface area contributed by atoms with Crippen molar-refractivity contribution >= 4 is 9.84 Å². The topological polar surface area (TPSA) is 54.4 Å². The van der Waals surface area contributed by atoms with Crippen LogP contribution >= 0.6 is 0 Å². The van der Waals surface area contributed by atoms with Crippen LogP contribution in [0.3, 0.4) is 0 Å². The molecule has 0 aromatic heterocycles. The molecule has 1 N–H and O–H groups in total. The number of aryl methyl sites for hydroxylation is 2. The van der Waals surface area contributed by atoms with E-state index in [0.29, 0.717) is 0 Å². The lowest BCUT2D eigenvalue weighted by molar-refractivity contribution is -0.150. The Hall–Kier alpha value is -1.08. The van der Waals surface area contributed by atoms with Crippen molar-refractivity contribution in [3.05, 3.63) is 29.3 Å². The SMILES string of the molecule is Cc1ccc(S(=O)(=O)C[C@@H](O)CC(F)(F)F)cc1C. The number of benzene rings is 1. The first-order valence-electron chi connectivity index (χ1n) is 5.56. The largest absolute Gasteiger partial charge is 0.392 e. The molecule has 0 spiro atoms. The molecule has 1 aromatic carbocycles. The van der Waals surface area contributed by atoms with Gasteiger partial charge < -0.3 is 5.11 Å². The summed E-state index contributed by atoms with van der Waals surface area (Å²) < 4.78 is 59.9. The molecule has 7 heteroatoms. The van der Waals surface area contributed by atoms with E-state index in [4.69, 9.17) is 0 Å². The molecule has 0 heterocycles. The number of hydrogen-bond donors (Lipinski definition) is 1. The van der Waals surface area contributed by atoms with Gasteiger partial charge in [0.2, 0.25) is 0 Å². The number of aliphatic hydroxyl groups is 1. The predicted molar refractivity (Wildman–Crippen MR) is 64.6 cm³/mol. The van der Waals surface area contributed by atoms with Crippen molar-refractivity contribution in [2.45, 2.75) is 37.4 Å². The minimum Gasteiger partial charge on any atom is -0.392 e. The van der Waals surface area contributed by atoms with Crippen molar-refractivity contribution in [3.8, 4) is 0 Å². The Morgan fingerprint density at radius 2 is 1.79 bits per heavy atom. The molecule has 1 atom stereocenters. The fourth-order valence-electron chi connectivity index (χ4n) is 1.58. The molecule has 0 aliphatic rings. The Labute approximate surface area is 110 Å². The van der Waals surface area contributed by atoms with Gasteiger partial charge in [-0.25, -0.2) is 8.42 Å². The zero-order valence-corrected chi connectivity index (χ0v) is 11.3. The van der Waals surface area contributed by atoms with E-state index < -0.39 is 34.3 Å². The van der Waals surface area contributed by atoms with Crippen LogP contribution in [0.15, 0.2) is 23.1 Å². The molecule has 0 fully saturated rings. The van der Waals surface area contributed by atoms with E-state index in [9.17, 15) is 26.7 Å². The van der Waals surface area contributed by atoms with E-state index in [1.807, 2.05) is 0 Å². The van der Waals surface area contributed by atoms with E-state index in [0.717, 1.165) is 11.1 Å². The van der Waals surface area contributed by atoms with Crippen molar-refractivity contribution in [1.29, 1.82) is 0 Å². The minimum absolute atomic E-state index is 0.0724. The Balaban J connectivity index is 2.89. The van der Waals surface area contributed by atoms with Crippen molar-refractivity contribution in [3.63, 3.8) is 0 Å². The quantitative estimate of drug-likeness (QED) is 0.928. The second-order valence-corrected chi connectivity index (χ2v) is 6.53. The van der Waals surface area contributed by atoms with Gasteiger partial charge in [0, 0.05) is 0 Å². The van der Waals surface area contributed by atoms with Crippen LogP contribution in [0.2, 0.25) is 0 Å². The van der Waals surface area contributed by atoms with Crippen LogP contribution in [0.5, 0.6) is 0 Å². The van der Waals surface area contributed by atoms with Crippen LogP contribution in [0, 0.1) is 13.8 Å². The molecule has 0 bridgehead atoms. The lowest BCUT2D eigenvalue weighted by atomic mass is 10.1. The van der Waals surface area contributed by atoms with Crippen molar-refractivity contribution in [1.82, 2.24) is 0 Å². The van der Waals surface area contributed by atoms with Gasteiger partial charge in [0.05, 0.1) is 23.2 Å². The van der Waals surface area contributed by atoms with Gasteiger partial charge in [-0.2, -0.15) is 13.2 Å². The minimum atomic E-state index is -4.59. The summed E-state index contributed by atoms with van der Waals surface area (Å²) in [6.07, 6.45) is -8.07. The Morgan fingerprint density at radius 3 is 2.26 bits per heavy atom. The molecular weight excluding hydrogens is 281 g/mol. The van der Waals surface area contributed by atoms with Crippen molar-refractivity contribution in [2.24, 2.45) is 0 Å². The van der Waals surface area contributed by atoms with Crippen molar-refractivity contribution in [2.75, 3.05) is 5.75 Å². The molecular formula is C12H15F3O3S. The molecule has 0 aliphatic carbocycles. The molecule has 0 aliphatic heterocycles. The maximum Gasteiger partial charge on any atom is 0.391 e. The second kappa shape index (κ2) is 5.50. The predicted octanol–water partition coefficient (Wildman–Crippen LogP) is 2.39. The molecule has 1 aromatic rings. The molecule has 108 valence electrons. The van der Waals surface area contributed by atoms with Gasteiger partial charge in [-0.05, 0) is 37.1 Å². The first-order valence-corrected chi connectivity index (χ1v) is 7.21. The van der Waals surface area contributed by atoms with Crippen LogP contribution in [-0.4, -0.2) is 31.6 Å². The maximum atomic E-state index is 12.0. The normalized spacial score (nSPS) is 14.4. The third-order valence-electron chi connectivity index (χ3n) is 2.72. The third kappa shape index (κ3) is 4.83. The molecule has 0 amide bonds. The van der Waals surface area contributed by atoms with Crippen LogP contribution in [0.25, 0.3) is 0 Å². The summed E-state index contributed by atoms with van der Waals surface area (Å²) >= 11 is 0. The molecule has 19 heavy (non-hydrogen) atoms. The monoisotopic (exact) mass is 296 g/mol. The van der Waals surface area contributed by atoms with Crippen LogP contribution < -0.4 is 0 Å². The summed E-state index contributed by atoms with van der Waals surface area (Å²) in [6.45, 7) is 3.50. The lowest BCUT2D eigenvalue weighted by Gasteiger charge is -2.14. The Bertz CT molecular complexity index is 550. The summed E-state index contributed by atoms with van der Waals surface area (Å²) in [6, 6.07) is 4.31. The average Bonchev–Trinajstić information content (AvgIpc) is 2.17. The Kier molecular flexibility index (Phi) is 4.63. The number of hydrogen-bond acceptors (Lipinski definition) is 3. The smallest absolute Gasteiger partial charge is 0.391 e. The van der Waals surface area contributed by atoms with E-state index in [2.05, 4.69) is 0 Å². The highest BCUT2D eigenvalue weighted by Crippen LogP contribution is 2.24. The van der Waals surface area contributed by atoms with Gasteiger partial charge in [0.1, 0.15) is 0 Å². The van der Waals surface area contributed by atoms with Gasteiger partial charge >= 0.3 is 6.18 Å². The molecule has 0 unspecified atom stereocenters. The van der Waals surface area contributed by atoms with Gasteiger partial charge in [0.25, 0.3) is 0 Å². The summed E-state index contributed by atoms with van der Waals surface area (Å²) in [7, 11) is -3.92. The highest BCUT2D eigenvalue weighted by atomic mass is 32.2. The highest BCUT2D eigenvalue weighted by molar-refractivity contribution is 7.91. The fourth-order valence-corrected chi connectivity index (χ4v) is 3.03. The third-order valence-corrected chi connectivity index (χ3v) is 4.51. The van der Waals surface area contributed by atoms with Crippen LogP contribution in [-0.2, 0) is 9.84 Å². The van der Waals surface area contributed by atoms with E-state index in [1.165, 1.54) is 12.1 Å². The highest BCUT2D eigenvalue weighted by Gasteiger charge is 2.33. The number of aliphatic hydroxyl groups excluding tert-OH is 1. The van der Waals surface area contributed by atoms with Crippen LogP contribution in [0.1, 0.15) is 17.5 Å². The zero-order chi connectivity index (χ0) is 14.8.